The van der Waals surface area contributed by atoms with Crippen molar-refractivity contribution in [1.29, 1.82) is 0 Å². The Hall–Kier alpha value is -2.34. The van der Waals surface area contributed by atoms with Crippen LogP contribution in [0.1, 0.15) is 11.5 Å². The maximum atomic E-state index is 12.5. The molecule has 1 aromatic heterocycles. The van der Waals surface area contributed by atoms with E-state index in [9.17, 15) is 14.7 Å². The van der Waals surface area contributed by atoms with Crippen LogP contribution in [-0.4, -0.2) is 45.7 Å². The van der Waals surface area contributed by atoms with Gasteiger partial charge in [-0.25, -0.2) is 0 Å². The number of benzene rings is 1. The summed E-state index contributed by atoms with van der Waals surface area (Å²) in [5.74, 6) is -1.28. The molecule has 1 aromatic carbocycles. The summed E-state index contributed by atoms with van der Waals surface area (Å²) in [6, 6.07) is 13.3. The molecule has 0 spiro atoms. The van der Waals surface area contributed by atoms with Crippen molar-refractivity contribution in [2.24, 2.45) is 5.92 Å². The predicted molar refractivity (Wildman–Crippen MR) is 91.8 cm³/mol. The number of carbonyl (C=O) groups excluding carboxylic acids is 1. The molecule has 124 valence electrons. The maximum Gasteiger partial charge on any atom is 0.308 e. The molecule has 0 aliphatic carbocycles. The van der Waals surface area contributed by atoms with E-state index in [1.54, 1.807) is 17.3 Å². The molecule has 1 saturated heterocycles. The summed E-state index contributed by atoms with van der Waals surface area (Å²) in [5, 5.41) is 9.50. The fourth-order valence-electron chi connectivity index (χ4n) is 2.97. The Balaban J connectivity index is 1.66. The van der Waals surface area contributed by atoms with Crippen molar-refractivity contribution in [1.82, 2.24) is 9.88 Å². The van der Waals surface area contributed by atoms with Gasteiger partial charge in [0.25, 0.3) is 0 Å². The van der Waals surface area contributed by atoms with Gasteiger partial charge in [0.2, 0.25) is 5.91 Å². The van der Waals surface area contributed by atoms with E-state index in [1.165, 1.54) is 11.8 Å². The lowest BCUT2D eigenvalue weighted by Crippen LogP contribution is -2.31. The summed E-state index contributed by atoms with van der Waals surface area (Å²) >= 11 is 1.44. The molecule has 0 bridgehead atoms. The first-order valence-corrected chi connectivity index (χ1v) is 8.72. The van der Waals surface area contributed by atoms with Gasteiger partial charge >= 0.3 is 5.97 Å². The Morgan fingerprint density at radius 3 is 2.50 bits per heavy atom. The van der Waals surface area contributed by atoms with Gasteiger partial charge in [0.15, 0.2) is 0 Å². The summed E-state index contributed by atoms with van der Waals surface area (Å²) in [7, 11) is 0. The zero-order chi connectivity index (χ0) is 16.9. The number of hydrogen-bond acceptors (Lipinski definition) is 4. The monoisotopic (exact) mass is 342 g/mol. The van der Waals surface area contributed by atoms with Gasteiger partial charge in [-0.3, -0.25) is 14.6 Å². The van der Waals surface area contributed by atoms with E-state index >= 15 is 0 Å². The number of pyridine rings is 1. The number of carboxylic acid groups (broad SMARTS) is 1. The molecule has 0 saturated carbocycles. The van der Waals surface area contributed by atoms with Gasteiger partial charge in [-0.1, -0.05) is 30.3 Å². The zero-order valence-electron chi connectivity index (χ0n) is 13.0. The number of carboxylic acids is 1. The average Bonchev–Trinajstić information content (AvgIpc) is 3.07. The van der Waals surface area contributed by atoms with Crippen LogP contribution in [0.5, 0.6) is 0 Å². The van der Waals surface area contributed by atoms with Gasteiger partial charge < -0.3 is 10.0 Å². The number of thioether (sulfide) groups is 1. The molecular formula is C18H18N2O3S. The topological polar surface area (TPSA) is 70.5 Å². The van der Waals surface area contributed by atoms with Crippen molar-refractivity contribution in [3.63, 3.8) is 0 Å². The van der Waals surface area contributed by atoms with Crippen LogP contribution in [0.4, 0.5) is 0 Å². The number of carbonyl (C=O) groups is 2. The molecule has 5 nitrogen and oxygen atoms in total. The quantitative estimate of drug-likeness (QED) is 0.846. The van der Waals surface area contributed by atoms with Crippen LogP contribution >= 0.6 is 11.8 Å². The molecule has 2 aromatic rings. The second-order valence-corrected chi connectivity index (χ2v) is 6.78. The summed E-state index contributed by atoms with van der Waals surface area (Å²) in [6.07, 6.45) is 3.38. The number of likely N-dealkylation sites (tertiary alicyclic amines) is 1. The molecule has 3 rings (SSSR count). The molecule has 1 N–H and O–H groups in total. The fourth-order valence-corrected chi connectivity index (χ4v) is 3.75. The van der Waals surface area contributed by atoms with Gasteiger partial charge in [-0.05, 0) is 17.7 Å². The van der Waals surface area contributed by atoms with E-state index in [-0.39, 0.29) is 18.4 Å². The van der Waals surface area contributed by atoms with E-state index in [1.807, 2.05) is 42.5 Å². The Kier molecular flexibility index (Phi) is 5.15. The van der Waals surface area contributed by atoms with E-state index < -0.39 is 11.9 Å². The minimum Gasteiger partial charge on any atom is -0.481 e. The van der Waals surface area contributed by atoms with Crippen molar-refractivity contribution < 1.29 is 14.7 Å². The summed E-state index contributed by atoms with van der Waals surface area (Å²) < 4.78 is 0. The first-order valence-electron chi connectivity index (χ1n) is 7.73. The SMILES string of the molecule is O=C(O)[C@@H]1CN(C(=O)CSc2ccncc2)C[C@H]1c1ccccc1. The maximum absolute atomic E-state index is 12.5. The third-order valence-corrected chi connectivity index (χ3v) is 5.23. The van der Waals surface area contributed by atoms with Crippen LogP contribution in [0.25, 0.3) is 0 Å². The largest absolute Gasteiger partial charge is 0.481 e. The first kappa shape index (κ1) is 16.5. The normalized spacial score (nSPS) is 20.1. The smallest absolute Gasteiger partial charge is 0.308 e. The Labute approximate surface area is 144 Å². The summed E-state index contributed by atoms with van der Waals surface area (Å²) in [5.41, 5.74) is 0.974. The van der Waals surface area contributed by atoms with Crippen molar-refractivity contribution in [3.05, 3.63) is 60.4 Å². The van der Waals surface area contributed by atoms with Gasteiger partial charge in [0.1, 0.15) is 0 Å². The van der Waals surface area contributed by atoms with Crippen molar-refractivity contribution in [2.75, 3.05) is 18.8 Å². The number of nitrogens with zero attached hydrogens (tertiary/aromatic N) is 2. The first-order chi connectivity index (χ1) is 11.6. The lowest BCUT2D eigenvalue weighted by Gasteiger charge is -2.16. The molecule has 24 heavy (non-hydrogen) atoms. The lowest BCUT2D eigenvalue weighted by atomic mass is 9.89. The molecule has 2 atom stereocenters. The predicted octanol–water partition coefficient (Wildman–Crippen LogP) is 2.50. The standard InChI is InChI=1S/C18H18N2O3S/c21-17(12-24-14-6-8-19-9-7-14)20-10-15(16(11-20)18(22)23)13-4-2-1-3-5-13/h1-9,15-16H,10-12H2,(H,22,23)/t15-,16+/m0/s1. The van der Waals surface area contributed by atoms with Gasteiger partial charge in [-0.15, -0.1) is 11.8 Å². The van der Waals surface area contributed by atoms with Gasteiger partial charge in [-0.2, -0.15) is 0 Å². The highest BCUT2D eigenvalue weighted by atomic mass is 32.2. The number of hydrogen-bond donors (Lipinski definition) is 1. The van der Waals surface area contributed by atoms with Gasteiger partial charge in [0.05, 0.1) is 11.7 Å². The highest BCUT2D eigenvalue weighted by Gasteiger charge is 2.40. The van der Waals surface area contributed by atoms with E-state index in [4.69, 9.17) is 0 Å². The number of aromatic nitrogens is 1. The van der Waals surface area contributed by atoms with E-state index in [2.05, 4.69) is 4.98 Å². The van der Waals surface area contributed by atoms with Crippen LogP contribution < -0.4 is 0 Å². The second-order valence-electron chi connectivity index (χ2n) is 5.73. The summed E-state index contributed by atoms with van der Waals surface area (Å²) in [6.45, 7) is 0.724. The molecule has 1 aliphatic rings. The Bertz CT molecular complexity index is 709. The summed E-state index contributed by atoms with van der Waals surface area (Å²) in [4.78, 5) is 30.6. The van der Waals surface area contributed by atoms with Crippen LogP contribution in [0, 0.1) is 5.92 Å². The van der Waals surface area contributed by atoms with E-state index in [0.717, 1.165) is 10.5 Å². The molecule has 0 unspecified atom stereocenters. The third-order valence-electron chi connectivity index (χ3n) is 4.23. The van der Waals surface area contributed by atoms with Crippen LogP contribution in [0.15, 0.2) is 59.8 Å². The second kappa shape index (κ2) is 7.49. The van der Waals surface area contributed by atoms with Crippen molar-refractivity contribution >= 4 is 23.6 Å². The van der Waals surface area contributed by atoms with Crippen molar-refractivity contribution in [2.45, 2.75) is 10.8 Å². The average molecular weight is 342 g/mol. The molecular weight excluding hydrogens is 324 g/mol. The zero-order valence-corrected chi connectivity index (χ0v) is 13.9. The highest BCUT2D eigenvalue weighted by molar-refractivity contribution is 8.00. The van der Waals surface area contributed by atoms with Gasteiger partial charge in [0, 0.05) is 36.3 Å². The number of amides is 1. The number of aliphatic carboxylic acids is 1. The molecule has 1 fully saturated rings. The van der Waals surface area contributed by atoms with Crippen LogP contribution in [0.2, 0.25) is 0 Å². The van der Waals surface area contributed by atoms with Crippen molar-refractivity contribution in [3.8, 4) is 0 Å². The van der Waals surface area contributed by atoms with Crippen LogP contribution in [0.3, 0.4) is 0 Å². The highest BCUT2D eigenvalue weighted by Crippen LogP contribution is 2.33. The molecule has 1 aliphatic heterocycles. The molecule has 2 heterocycles. The Morgan fingerprint density at radius 1 is 1.12 bits per heavy atom. The Morgan fingerprint density at radius 2 is 1.83 bits per heavy atom. The minimum absolute atomic E-state index is 0.0264. The lowest BCUT2D eigenvalue weighted by molar-refractivity contribution is -0.141. The van der Waals surface area contributed by atoms with Crippen LogP contribution in [-0.2, 0) is 9.59 Å². The molecule has 1 amide bonds. The molecule has 0 radical (unpaired) electrons. The fraction of sp³-hybridized carbons (Fsp3) is 0.278. The van der Waals surface area contributed by atoms with E-state index in [0.29, 0.717) is 12.3 Å². The number of rotatable bonds is 5. The minimum atomic E-state index is -0.846. The molecule has 6 heteroatoms. The third kappa shape index (κ3) is 3.76.